The summed E-state index contributed by atoms with van der Waals surface area (Å²) in [7, 11) is 0. The molecule has 0 aliphatic carbocycles. The quantitative estimate of drug-likeness (QED) is 0.0907. The Kier molecular flexibility index (Phi) is 24.2. The van der Waals surface area contributed by atoms with Gasteiger partial charge in [0, 0.05) is 0 Å². The van der Waals surface area contributed by atoms with Gasteiger partial charge in [-0.25, -0.2) is 0 Å². The average molecular weight is 477 g/mol. The van der Waals surface area contributed by atoms with Crippen LogP contribution in [0, 0.1) is 23.7 Å². The summed E-state index contributed by atoms with van der Waals surface area (Å²) in [5.41, 5.74) is 1.70. The molecule has 0 saturated carbocycles. The van der Waals surface area contributed by atoms with E-state index in [4.69, 9.17) is 0 Å². The number of hydrogen-bond donors (Lipinski definition) is 0. The zero-order valence-corrected chi connectivity index (χ0v) is 25.2. The fraction of sp³-hybridized carbons (Fsp3) is 0.941. The molecule has 0 saturated heterocycles. The third kappa shape index (κ3) is 20.0. The third-order valence-electron chi connectivity index (χ3n) is 8.81. The molecule has 0 heterocycles. The van der Waals surface area contributed by atoms with Crippen LogP contribution in [0.15, 0.2) is 11.6 Å². The van der Waals surface area contributed by atoms with Crippen LogP contribution >= 0.6 is 0 Å². The van der Waals surface area contributed by atoms with E-state index in [0.29, 0.717) is 0 Å². The lowest BCUT2D eigenvalue weighted by Gasteiger charge is -2.22. The van der Waals surface area contributed by atoms with Gasteiger partial charge in [0.2, 0.25) is 0 Å². The van der Waals surface area contributed by atoms with Crippen molar-refractivity contribution in [3.63, 3.8) is 0 Å². The van der Waals surface area contributed by atoms with E-state index in [1.807, 2.05) is 0 Å². The normalized spacial score (nSPS) is 15.9. The summed E-state index contributed by atoms with van der Waals surface area (Å²) in [6.45, 7) is 16.7. The minimum atomic E-state index is 0.761. The Morgan fingerprint density at radius 2 is 0.912 bits per heavy atom. The Morgan fingerprint density at radius 1 is 0.529 bits per heavy atom. The van der Waals surface area contributed by atoms with Gasteiger partial charge in [-0.2, -0.15) is 0 Å². The second kappa shape index (κ2) is 24.4. The zero-order chi connectivity index (χ0) is 25.4. The molecule has 4 atom stereocenters. The second-order valence-electron chi connectivity index (χ2n) is 12.1. The highest BCUT2D eigenvalue weighted by molar-refractivity contribution is 5.05. The van der Waals surface area contributed by atoms with Crippen LogP contribution < -0.4 is 0 Å². The molecular weight excluding hydrogens is 408 g/mol. The summed E-state index contributed by atoms with van der Waals surface area (Å²) in [5, 5.41) is 0. The summed E-state index contributed by atoms with van der Waals surface area (Å²) in [5.74, 6) is 3.44. The molecule has 0 aromatic rings. The highest BCUT2D eigenvalue weighted by Crippen LogP contribution is 2.28. The number of rotatable bonds is 25. The number of hydrogen-bond acceptors (Lipinski definition) is 0. The lowest BCUT2D eigenvalue weighted by molar-refractivity contribution is 0.396. The molecule has 0 aromatic carbocycles. The van der Waals surface area contributed by atoms with E-state index < -0.39 is 0 Å². The summed E-state index contributed by atoms with van der Waals surface area (Å²) in [4.78, 5) is 0. The Bertz CT molecular complexity index is 433. The van der Waals surface area contributed by atoms with Gasteiger partial charge in [-0.3, -0.25) is 0 Å². The maximum atomic E-state index is 2.50. The largest absolute Gasteiger partial charge is 0.0882 e. The van der Waals surface area contributed by atoms with Crippen molar-refractivity contribution in [2.24, 2.45) is 23.7 Å². The highest BCUT2D eigenvalue weighted by Gasteiger charge is 2.14. The standard InChI is InChI=1S/C34H68/c1-8-11-12-13-14-15-16-17-18-19-21-25-30(4)26-22-20-23-27-31(5)28-24-29-34(10-3)33(7)32(6)9-2/h10,30-33H,8-9,11-29H2,1-7H3/b34-10-. The van der Waals surface area contributed by atoms with E-state index in [0.717, 1.165) is 23.7 Å². The Hall–Kier alpha value is -0.260. The summed E-state index contributed by atoms with van der Waals surface area (Å²) >= 11 is 0. The fourth-order valence-corrected chi connectivity index (χ4v) is 5.62. The van der Waals surface area contributed by atoms with Crippen molar-refractivity contribution < 1.29 is 0 Å². The van der Waals surface area contributed by atoms with E-state index in [-0.39, 0.29) is 0 Å². The van der Waals surface area contributed by atoms with Gasteiger partial charge in [-0.15, -0.1) is 0 Å². The number of unbranched alkanes of at least 4 members (excludes halogenated alkanes) is 12. The molecule has 0 bridgehead atoms. The molecule has 0 rings (SSSR count). The first-order valence-electron chi connectivity index (χ1n) is 16.1. The van der Waals surface area contributed by atoms with Crippen molar-refractivity contribution in [3.05, 3.63) is 11.6 Å². The Morgan fingerprint density at radius 3 is 1.32 bits per heavy atom. The van der Waals surface area contributed by atoms with Gasteiger partial charge in [0.1, 0.15) is 0 Å². The van der Waals surface area contributed by atoms with Crippen LogP contribution in [-0.2, 0) is 0 Å². The molecule has 0 radical (unpaired) electrons. The van der Waals surface area contributed by atoms with Gasteiger partial charge in [0.25, 0.3) is 0 Å². The van der Waals surface area contributed by atoms with E-state index in [1.54, 1.807) is 5.57 Å². The highest BCUT2D eigenvalue weighted by atomic mass is 14.2. The van der Waals surface area contributed by atoms with Crippen molar-refractivity contribution in [2.75, 3.05) is 0 Å². The van der Waals surface area contributed by atoms with Crippen molar-refractivity contribution in [1.82, 2.24) is 0 Å². The predicted molar refractivity (Wildman–Crippen MR) is 159 cm³/mol. The van der Waals surface area contributed by atoms with Gasteiger partial charge in [0.05, 0.1) is 0 Å². The third-order valence-corrected chi connectivity index (χ3v) is 8.81. The molecule has 0 nitrogen and oxygen atoms in total. The van der Waals surface area contributed by atoms with Crippen LogP contribution in [0.1, 0.15) is 183 Å². The fourth-order valence-electron chi connectivity index (χ4n) is 5.62. The van der Waals surface area contributed by atoms with Gasteiger partial charge in [-0.1, -0.05) is 175 Å². The van der Waals surface area contributed by atoms with Gasteiger partial charge >= 0.3 is 0 Å². The molecular formula is C34H68. The van der Waals surface area contributed by atoms with E-state index in [2.05, 4.69) is 54.5 Å². The molecule has 204 valence electrons. The molecule has 0 aliphatic rings. The topological polar surface area (TPSA) is 0 Å². The van der Waals surface area contributed by atoms with Crippen LogP contribution in [0.25, 0.3) is 0 Å². The molecule has 0 amide bonds. The van der Waals surface area contributed by atoms with E-state index in [9.17, 15) is 0 Å². The Labute approximate surface area is 218 Å². The number of allylic oxidation sites excluding steroid dienone is 2. The molecule has 0 spiro atoms. The predicted octanol–water partition coefficient (Wildman–Crippen LogP) is 12.7. The second-order valence-corrected chi connectivity index (χ2v) is 12.1. The van der Waals surface area contributed by atoms with Crippen molar-refractivity contribution in [3.8, 4) is 0 Å². The molecule has 4 unspecified atom stereocenters. The first-order valence-corrected chi connectivity index (χ1v) is 16.1. The van der Waals surface area contributed by atoms with Crippen LogP contribution in [-0.4, -0.2) is 0 Å². The van der Waals surface area contributed by atoms with E-state index in [1.165, 1.54) is 135 Å². The SMILES string of the molecule is C/C=C(/CCCC(C)CCCCCC(C)CCCCCCCCCCCCC)C(C)C(C)CC. The minimum Gasteiger partial charge on any atom is -0.0882 e. The Balaban J connectivity index is 3.54. The van der Waals surface area contributed by atoms with E-state index >= 15 is 0 Å². The first-order chi connectivity index (χ1) is 16.5. The minimum absolute atomic E-state index is 0.761. The molecule has 0 fully saturated rings. The van der Waals surface area contributed by atoms with Crippen LogP contribution in [0.4, 0.5) is 0 Å². The smallest absolute Gasteiger partial charge is 0.0206 e. The lowest BCUT2D eigenvalue weighted by Crippen LogP contribution is -2.10. The maximum absolute atomic E-state index is 2.50. The lowest BCUT2D eigenvalue weighted by atomic mass is 9.83. The van der Waals surface area contributed by atoms with Gasteiger partial charge < -0.3 is 0 Å². The first kappa shape index (κ1) is 33.7. The monoisotopic (exact) mass is 477 g/mol. The maximum Gasteiger partial charge on any atom is -0.0206 e. The van der Waals surface area contributed by atoms with Crippen molar-refractivity contribution in [1.29, 1.82) is 0 Å². The van der Waals surface area contributed by atoms with Gasteiger partial charge in [0.15, 0.2) is 0 Å². The average Bonchev–Trinajstić information content (AvgIpc) is 2.84. The summed E-state index contributed by atoms with van der Waals surface area (Å²) in [6, 6.07) is 0. The van der Waals surface area contributed by atoms with Crippen LogP contribution in [0.5, 0.6) is 0 Å². The molecule has 0 aromatic heterocycles. The van der Waals surface area contributed by atoms with Crippen molar-refractivity contribution in [2.45, 2.75) is 183 Å². The van der Waals surface area contributed by atoms with Gasteiger partial charge in [-0.05, 0) is 43.4 Å². The zero-order valence-electron chi connectivity index (χ0n) is 25.2. The molecule has 0 heteroatoms. The summed E-state index contributed by atoms with van der Waals surface area (Å²) < 4.78 is 0. The molecule has 34 heavy (non-hydrogen) atoms. The molecule has 0 N–H and O–H groups in total. The summed E-state index contributed by atoms with van der Waals surface area (Å²) in [6.07, 6.45) is 32.6. The molecule has 0 aliphatic heterocycles. The van der Waals surface area contributed by atoms with Crippen molar-refractivity contribution >= 4 is 0 Å². The van der Waals surface area contributed by atoms with Crippen LogP contribution in [0.2, 0.25) is 0 Å². The van der Waals surface area contributed by atoms with Crippen LogP contribution in [0.3, 0.4) is 0 Å².